The Bertz CT molecular complexity index is 1140. The van der Waals surface area contributed by atoms with Crippen molar-refractivity contribution in [1.82, 2.24) is 10.2 Å². The van der Waals surface area contributed by atoms with Gasteiger partial charge in [-0.05, 0) is 36.8 Å². The first kappa shape index (κ1) is 19.4. The van der Waals surface area contributed by atoms with Crippen LogP contribution in [-0.4, -0.2) is 22.4 Å². The SMILES string of the molecule is COc1ccccc1Oc1c(-c2ccc(OCc3ccccc3)cc2O)n[nH]c1C. The molecule has 152 valence electrons. The minimum atomic E-state index is 0.0527. The molecule has 4 rings (SSSR count). The van der Waals surface area contributed by atoms with E-state index in [1.54, 1.807) is 25.3 Å². The quantitative estimate of drug-likeness (QED) is 0.429. The smallest absolute Gasteiger partial charge is 0.176 e. The average Bonchev–Trinajstić information content (AvgIpc) is 3.13. The Hall–Kier alpha value is -3.93. The van der Waals surface area contributed by atoms with Crippen LogP contribution in [0, 0.1) is 6.92 Å². The summed E-state index contributed by atoms with van der Waals surface area (Å²) in [6, 6.07) is 22.4. The molecule has 1 heterocycles. The predicted molar refractivity (Wildman–Crippen MR) is 114 cm³/mol. The molecule has 1 aromatic heterocycles. The number of aromatic amines is 1. The molecule has 0 aliphatic heterocycles. The van der Waals surface area contributed by atoms with E-state index in [1.807, 2.05) is 61.5 Å². The summed E-state index contributed by atoms with van der Waals surface area (Å²) >= 11 is 0. The van der Waals surface area contributed by atoms with Gasteiger partial charge in [-0.15, -0.1) is 0 Å². The monoisotopic (exact) mass is 402 g/mol. The fourth-order valence-corrected chi connectivity index (χ4v) is 3.08. The molecule has 0 unspecified atom stereocenters. The number of hydrogen-bond acceptors (Lipinski definition) is 5. The van der Waals surface area contributed by atoms with Gasteiger partial charge >= 0.3 is 0 Å². The van der Waals surface area contributed by atoms with E-state index in [9.17, 15) is 5.11 Å². The number of aryl methyl sites for hydroxylation is 1. The summed E-state index contributed by atoms with van der Waals surface area (Å²) in [5.41, 5.74) is 2.83. The summed E-state index contributed by atoms with van der Waals surface area (Å²) in [7, 11) is 1.59. The lowest BCUT2D eigenvalue weighted by atomic mass is 10.1. The normalized spacial score (nSPS) is 10.6. The van der Waals surface area contributed by atoms with E-state index in [0.29, 0.717) is 40.9 Å². The molecule has 0 spiro atoms. The van der Waals surface area contributed by atoms with Gasteiger partial charge in [0.15, 0.2) is 17.2 Å². The average molecular weight is 402 g/mol. The molecule has 0 radical (unpaired) electrons. The van der Waals surface area contributed by atoms with Crippen LogP contribution >= 0.6 is 0 Å². The van der Waals surface area contributed by atoms with Gasteiger partial charge in [-0.25, -0.2) is 0 Å². The van der Waals surface area contributed by atoms with Crippen molar-refractivity contribution in [3.63, 3.8) is 0 Å². The molecule has 2 N–H and O–H groups in total. The van der Waals surface area contributed by atoms with Gasteiger partial charge in [-0.2, -0.15) is 5.10 Å². The van der Waals surface area contributed by atoms with E-state index in [1.165, 1.54) is 0 Å². The Kier molecular flexibility index (Phi) is 5.57. The van der Waals surface area contributed by atoms with Gasteiger partial charge in [0.05, 0.1) is 12.8 Å². The maximum absolute atomic E-state index is 10.6. The van der Waals surface area contributed by atoms with Crippen LogP contribution < -0.4 is 14.2 Å². The van der Waals surface area contributed by atoms with Crippen LogP contribution in [0.2, 0.25) is 0 Å². The van der Waals surface area contributed by atoms with E-state index in [2.05, 4.69) is 10.2 Å². The first-order valence-electron chi connectivity index (χ1n) is 9.51. The Morgan fingerprint density at radius 3 is 2.40 bits per heavy atom. The van der Waals surface area contributed by atoms with Gasteiger partial charge in [-0.1, -0.05) is 42.5 Å². The fraction of sp³-hybridized carbons (Fsp3) is 0.125. The van der Waals surface area contributed by atoms with Crippen molar-refractivity contribution in [1.29, 1.82) is 0 Å². The van der Waals surface area contributed by atoms with Crippen LogP contribution in [0.4, 0.5) is 0 Å². The summed E-state index contributed by atoms with van der Waals surface area (Å²) in [4.78, 5) is 0. The zero-order chi connectivity index (χ0) is 20.9. The zero-order valence-electron chi connectivity index (χ0n) is 16.8. The first-order valence-corrected chi connectivity index (χ1v) is 9.51. The largest absolute Gasteiger partial charge is 0.507 e. The second-order valence-corrected chi connectivity index (χ2v) is 6.73. The number of nitrogens with one attached hydrogen (secondary N) is 1. The number of phenols is 1. The van der Waals surface area contributed by atoms with Gasteiger partial charge in [0.2, 0.25) is 0 Å². The van der Waals surface area contributed by atoms with Crippen LogP contribution in [0.25, 0.3) is 11.3 Å². The molecule has 6 nitrogen and oxygen atoms in total. The number of methoxy groups -OCH3 is 1. The summed E-state index contributed by atoms with van der Waals surface area (Å²) in [6.07, 6.45) is 0. The summed E-state index contributed by atoms with van der Waals surface area (Å²) in [6.45, 7) is 2.28. The second-order valence-electron chi connectivity index (χ2n) is 6.73. The molecule has 0 aliphatic carbocycles. The minimum absolute atomic E-state index is 0.0527. The van der Waals surface area contributed by atoms with E-state index in [4.69, 9.17) is 14.2 Å². The van der Waals surface area contributed by atoms with Gasteiger partial charge in [0.25, 0.3) is 0 Å². The number of H-pyrrole nitrogens is 1. The zero-order valence-corrected chi connectivity index (χ0v) is 16.8. The number of ether oxygens (including phenoxy) is 3. The molecule has 0 aliphatic rings. The molecule has 30 heavy (non-hydrogen) atoms. The van der Waals surface area contributed by atoms with Crippen molar-refractivity contribution < 1.29 is 19.3 Å². The van der Waals surface area contributed by atoms with E-state index < -0.39 is 0 Å². The Balaban J connectivity index is 1.58. The molecule has 0 bridgehead atoms. The molecule has 3 aromatic carbocycles. The van der Waals surface area contributed by atoms with Crippen LogP contribution in [0.15, 0.2) is 72.8 Å². The molecule has 0 amide bonds. The standard InChI is InChI=1S/C24H22N2O4/c1-16-24(30-22-11-7-6-10-21(22)28-2)23(26-25-16)19-13-12-18(14-20(19)27)29-15-17-8-4-3-5-9-17/h3-14,27H,15H2,1-2H3,(H,25,26). The number of nitrogens with zero attached hydrogens (tertiary/aromatic N) is 1. The lowest BCUT2D eigenvalue weighted by molar-refractivity contribution is 0.304. The van der Waals surface area contributed by atoms with E-state index in [0.717, 1.165) is 11.3 Å². The molecule has 4 aromatic rings. The Morgan fingerprint density at radius 1 is 0.933 bits per heavy atom. The maximum atomic E-state index is 10.6. The number of phenolic OH excluding ortho intramolecular Hbond substituents is 1. The van der Waals surface area contributed by atoms with Crippen molar-refractivity contribution in [3.05, 3.63) is 84.1 Å². The topological polar surface area (TPSA) is 76.6 Å². The first-order chi connectivity index (χ1) is 14.7. The van der Waals surface area contributed by atoms with Crippen molar-refractivity contribution in [2.75, 3.05) is 7.11 Å². The molecule has 0 saturated heterocycles. The van der Waals surface area contributed by atoms with E-state index in [-0.39, 0.29) is 5.75 Å². The summed E-state index contributed by atoms with van der Waals surface area (Å²) in [5, 5.41) is 17.9. The number of rotatable bonds is 7. The fourth-order valence-electron chi connectivity index (χ4n) is 3.08. The van der Waals surface area contributed by atoms with Crippen molar-refractivity contribution >= 4 is 0 Å². The maximum Gasteiger partial charge on any atom is 0.176 e. The third-order valence-electron chi connectivity index (χ3n) is 4.64. The summed E-state index contributed by atoms with van der Waals surface area (Å²) in [5.74, 6) is 2.32. The molecular formula is C24H22N2O4. The van der Waals surface area contributed by atoms with Gasteiger partial charge in [0.1, 0.15) is 23.8 Å². The highest BCUT2D eigenvalue weighted by atomic mass is 16.5. The number of benzene rings is 3. The highest BCUT2D eigenvalue weighted by Crippen LogP contribution is 2.41. The molecule has 6 heteroatoms. The summed E-state index contributed by atoms with van der Waals surface area (Å²) < 4.78 is 17.2. The van der Waals surface area contributed by atoms with Crippen LogP contribution in [0.5, 0.6) is 28.7 Å². The third-order valence-corrected chi connectivity index (χ3v) is 4.64. The molecular weight excluding hydrogens is 380 g/mol. The molecule has 0 saturated carbocycles. The van der Waals surface area contributed by atoms with Gasteiger partial charge in [0, 0.05) is 11.6 Å². The Morgan fingerprint density at radius 2 is 1.67 bits per heavy atom. The van der Waals surface area contributed by atoms with Gasteiger partial charge in [-0.3, -0.25) is 5.10 Å². The number of hydrogen-bond donors (Lipinski definition) is 2. The predicted octanol–water partition coefficient (Wildman–Crippen LogP) is 5.47. The lowest BCUT2D eigenvalue weighted by Gasteiger charge is -2.12. The van der Waals surface area contributed by atoms with Crippen LogP contribution in [-0.2, 0) is 6.61 Å². The number of aromatic nitrogens is 2. The van der Waals surface area contributed by atoms with Crippen molar-refractivity contribution in [2.45, 2.75) is 13.5 Å². The van der Waals surface area contributed by atoms with E-state index >= 15 is 0 Å². The minimum Gasteiger partial charge on any atom is -0.507 e. The van der Waals surface area contributed by atoms with Gasteiger partial charge < -0.3 is 19.3 Å². The number of para-hydroxylation sites is 2. The third kappa shape index (κ3) is 4.07. The molecule has 0 atom stereocenters. The highest BCUT2D eigenvalue weighted by molar-refractivity contribution is 5.74. The van der Waals surface area contributed by atoms with Crippen molar-refractivity contribution in [3.8, 4) is 40.0 Å². The number of aromatic hydroxyl groups is 1. The van der Waals surface area contributed by atoms with Crippen LogP contribution in [0.3, 0.4) is 0 Å². The van der Waals surface area contributed by atoms with Crippen molar-refractivity contribution in [2.24, 2.45) is 0 Å². The lowest BCUT2D eigenvalue weighted by Crippen LogP contribution is -1.95. The van der Waals surface area contributed by atoms with Crippen LogP contribution in [0.1, 0.15) is 11.3 Å². The molecule has 0 fully saturated rings. The second kappa shape index (κ2) is 8.61. The highest BCUT2D eigenvalue weighted by Gasteiger charge is 2.19. The Labute approximate surface area is 174 Å².